The second-order valence-electron chi connectivity index (χ2n) is 6.21. The van der Waals surface area contributed by atoms with Crippen LogP contribution in [0.2, 0.25) is 0 Å². The molecule has 6 nitrogen and oxygen atoms in total. The fourth-order valence-electron chi connectivity index (χ4n) is 3.06. The van der Waals surface area contributed by atoms with Crippen LogP contribution in [-0.4, -0.2) is 40.4 Å². The van der Waals surface area contributed by atoms with Crippen molar-refractivity contribution < 1.29 is 19.5 Å². The van der Waals surface area contributed by atoms with Crippen molar-refractivity contribution in [1.82, 2.24) is 10.2 Å². The van der Waals surface area contributed by atoms with Crippen LogP contribution < -0.4 is 5.32 Å². The van der Waals surface area contributed by atoms with Gasteiger partial charge < -0.3 is 15.3 Å². The first-order chi connectivity index (χ1) is 12.6. The summed E-state index contributed by atoms with van der Waals surface area (Å²) in [7, 11) is 0. The van der Waals surface area contributed by atoms with Crippen LogP contribution in [-0.2, 0) is 11.3 Å². The molecule has 3 rings (SSSR count). The van der Waals surface area contributed by atoms with E-state index in [1.165, 1.54) is 23.5 Å². The third-order valence-corrected chi connectivity index (χ3v) is 5.32. The zero-order chi connectivity index (χ0) is 18.5. The molecule has 7 heteroatoms. The molecule has 0 bridgehead atoms. The molecule has 2 heterocycles. The molecule has 1 atom stereocenters. The van der Waals surface area contributed by atoms with Crippen molar-refractivity contribution in [2.24, 2.45) is 0 Å². The van der Waals surface area contributed by atoms with E-state index in [1.54, 1.807) is 23.1 Å². The highest BCUT2D eigenvalue weighted by atomic mass is 32.1. The van der Waals surface area contributed by atoms with Gasteiger partial charge in [-0.2, -0.15) is 0 Å². The fraction of sp³-hybridized carbons (Fsp3) is 0.316. The average Bonchev–Trinajstić information content (AvgIpc) is 3.20. The Balaban J connectivity index is 1.63. The smallest absolute Gasteiger partial charge is 0.335 e. The maximum atomic E-state index is 12.7. The van der Waals surface area contributed by atoms with Crippen molar-refractivity contribution in [3.8, 4) is 0 Å². The second-order valence-corrected chi connectivity index (χ2v) is 7.16. The topological polar surface area (TPSA) is 86.7 Å². The Kier molecular flexibility index (Phi) is 5.68. The molecule has 1 aromatic heterocycles. The van der Waals surface area contributed by atoms with Crippen LogP contribution in [0.15, 0.2) is 41.8 Å². The van der Waals surface area contributed by atoms with Crippen LogP contribution >= 0.6 is 11.3 Å². The molecular formula is C19H20N2O4S. The van der Waals surface area contributed by atoms with E-state index < -0.39 is 12.0 Å². The van der Waals surface area contributed by atoms with E-state index in [-0.39, 0.29) is 17.4 Å². The van der Waals surface area contributed by atoms with Gasteiger partial charge in [0.05, 0.1) is 10.4 Å². The molecule has 0 aliphatic carbocycles. The molecule has 0 radical (unpaired) electrons. The summed E-state index contributed by atoms with van der Waals surface area (Å²) in [5.74, 6) is -1.24. The van der Waals surface area contributed by atoms with E-state index >= 15 is 0 Å². The lowest BCUT2D eigenvalue weighted by atomic mass is 10.0. The van der Waals surface area contributed by atoms with E-state index in [2.05, 4.69) is 5.32 Å². The lowest BCUT2D eigenvalue weighted by Crippen LogP contribution is -2.51. The van der Waals surface area contributed by atoms with Crippen LogP contribution in [0.4, 0.5) is 0 Å². The first kappa shape index (κ1) is 18.1. The Morgan fingerprint density at radius 2 is 1.92 bits per heavy atom. The standard InChI is InChI=1S/C19H20N2O4S/c22-17(20-12-13-6-8-14(9-7-13)19(24)25)15-4-1-2-10-21(15)18(23)16-5-3-11-26-16/h3,5-9,11,15H,1-2,4,10,12H2,(H,20,22)(H,24,25). The predicted octanol–water partition coefficient (Wildman–Crippen LogP) is 2.76. The number of benzene rings is 1. The van der Waals surface area contributed by atoms with E-state index in [9.17, 15) is 14.4 Å². The van der Waals surface area contributed by atoms with E-state index in [0.29, 0.717) is 24.4 Å². The number of amides is 2. The maximum Gasteiger partial charge on any atom is 0.335 e. The number of carboxylic acids is 1. The summed E-state index contributed by atoms with van der Waals surface area (Å²) in [5.41, 5.74) is 1.02. The van der Waals surface area contributed by atoms with Gasteiger partial charge in [-0.1, -0.05) is 18.2 Å². The van der Waals surface area contributed by atoms with E-state index in [4.69, 9.17) is 5.11 Å². The van der Waals surface area contributed by atoms with Crippen molar-refractivity contribution in [2.45, 2.75) is 31.8 Å². The van der Waals surface area contributed by atoms with Gasteiger partial charge in [0.25, 0.3) is 5.91 Å². The Labute approximate surface area is 155 Å². The molecule has 136 valence electrons. The minimum atomic E-state index is -0.981. The number of thiophene rings is 1. The number of rotatable bonds is 5. The molecule has 2 amide bonds. The summed E-state index contributed by atoms with van der Waals surface area (Å²) in [6, 6.07) is 9.53. The number of hydrogen-bond acceptors (Lipinski definition) is 4. The molecule has 0 saturated carbocycles. The van der Waals surface area contributed by atoms with Gasteiger partial charge in [-0.25, -0.2) is 4.79 Å². The predicted molar refractivity (Wildman–Crippen MR) is 98.2 cm³/mol. The zero-order valence-electron chi connectivity index (χ0n) is 14.2. The van der Waals surface area contributed by atoms with Crippen molar-refractivity contribution in [2.75, 3.05) is 6.54 Å². The summed E-state index contributed by atoms with van der Waals surface area (Å²) in [4.78, 5) is 38.5. The van der Waals surface area contributed by atoms with Gasteiger partial charge in [0.1, 0.15) is 6.04 Å². The normalized spacial score (nSPS) is 16.9. The average molecular weight is 372 g/mol. The molecule has 1 aromatic carbocycles. The first-order valence-electron chi connectivity index (χ1n) is 8.50. The summed E-state index contributed by atoms with van der Waals surface area (Å²) in [6.45, 7) is 0.887. The Morgan fingerprint density at radius 3 is 2.58 bits per heavy atom. The van der Waals surface area contributed by atoms with E-state index in [1.807, 2.05) is 11.4 Å². The molecule has 26 heavy (non-hydrogen) atoms. The van der Waals surface area contributed by atoms with Crippen LogP contribution in [0, 0.1) is 0 Å². The number of piperidine rings is 1. The van der Waals surface area contributed by atoms with Crippen molar-refractivity contribution in [1.29, 1.82) is 0 Å². The minimum absolute atomic E-state index is 0.0920. The van der Waals surface area contributed by atoms with Gasteiger partial charge >= 0.3 is 5.97 Å². The Morgan fingerprint density at radius 1 is 1.15 bits per heavy atom. The molecule has 1 aliphatic rings. The van der Waals surface area contributed by atoms with Crippen molar-refractivity contribution in [3.63, 3.8) is 0 Å². The number of hydrogen-bond donors (Lipinski definition) is 2. The van der Waals surface area contributed by atoms with Gasteiger partial charge in [0.15, 0.2) is 0 Å². The number of nitrogens with one attached hydrogen (secondary N) is 1. The van der Waals surface area contributed by atoms with Gasteiger partial charge in [-0.05, 0) is 48.4 Å². The van der Waals surface area contributed by atoms with Gasteiger partial charge in [0.2, 0.25) is 5.91 Å². The Hall–Kier alpha value is -2.67. The monoisotopic (exact) mass is 372 g/mol. The zero-order valence-corrected chi connectivity index (χ0v) is 15.0. The summed E-state index contributed by atoms with van der Waals surface area (Å²) >= 11 is 1.38. The fourth-order valence-corrected chi connectivity index (χ4v) is 3.74. The third-order valence-electron chi connectivity index (χ3n) is 4.47. The second kappa shape index (κ2) is 8.14. The van der Waals surface area contributed by atoms with E-state index in [0.717, 1.165) is 18.4 Å². The number of likely N-dealkylation sites (tertiary alicyclic amines) is 1. The van der Waals surface area contributed by atoms with Crippen LogP contribution in [0.5, 0.6) is 0 Å². The minimum Gasteiger partial charge on any atom is -0.478 e. The summed E-state index contributed by atoms with van der Waals surface area (Å²) < 4.78 is 0. The third kappa shape index (κ3) is 4.11. The quantitative estimate of drug-likeness (QED) is 0.845. The summed E-state index contributed by atoms with van der Waals surface area (Å²) in [6.07, 6.45) is 2.47. The molecule has 1 saturated heterocycles. The molecule has 1 fully saturated rings. The number of carbonyl (C=O) groups is 3. The molecular weight excluding hydrogens is 352 g/mol. The van der Waals surface area contributed by atoms with Gasteiger partial charge in [0, 0.05) is 13.1 Å². The van der Waals surface area contributed by atoms with Crippen LogP contribution in [0.3, 0.4) is 0 Å². The first-order valence-corrected chi connectivity index (χ1v) is 9.38. The van der Waals surface area contributed by atoms with Gasteiger partial charge in [-0.15, -0.1) is 11.3 Å². The lowest BCUT2D eigenvalue weighted by Gasteiger charge is -2.34. The number of aromatic carboxylic acids is 1. The SMILES string of the molecule is O=C(O)c1ccc(CNC(=O)C2CCCCN2C(=O)c2cccs2)cc1. The van der Waals surface area contributed by atoms with Crippen LogP contribution in [0.25, 0.3) is 0 Å². The van der Waals surface area contributed by atoms with Crippen molar-refractivity contribution >= 4 is 29.1 Å². The molecule has 2 aromatic rings. The molecule has 1 unspecified atom stereocenters. The highest BCUT2D eigenvalue weighted by Gasteiger charge is 2.32. The number of carbonyl (C=O) groups excluding carboxylic acids is 2. The largest absolute Gasteiger partial charge is 0.478 e. The number of carboxylic acid groups (broad SMARTS) is 1. The number of nitrogens with zero attached hydrogens (tertiary/aromatic N) is 1. The van der Waals surface area contributed by atoms with Gasteiger partial charge in [-0.3, -0.25) is 9.59 Å². The van der Waals surface area contributed by atoms with Crippen LogP contribution in [0.1, 0.15) is 44.9 Å². The Bertz CT molecular complexity index is 786. The summed E-state index contributed by atoms with van der Waals surface area (Å²) in [5, 5.41) is 13.6. The highest BCUT2D eigenvalue weighted by molar-refractivity contribution is 7.12. The molecule has 0 spiro atoms. The maximum absolute atomic E-state index is 12.7. The van der Waals surface area contributed by atoms with Crippen molar-refractivity contribution in [3.05, 3.63) is 57.8 Å². The molecule has 2 N–H and O–H groups in total. The lowest BCUT2D eigenvalue weighted by molar-refractivity contribution is -0.126. The highest BCUT2D eigenvalue weighted by Crippen LogP contribution is 2.22. The molecule has 1 aliphatic heterocycles.